The molecule has 0 saturated heterocycles. The van der Waals surface area contributed by atoms with E-state index in [0.29, 0.717) is 17.2 Å². The molecule has 1 unspecified atom stereocenters. The van der Waals surface area contributed by atoms with Crippen molar-refractivity contribution in [3.05, 3.63) is 94.5 Å². The molecule has 1 atom stereocenters. The summed E-state index contributed by atoms with van der Waals surface area (Å²) >= 11 is 0. The van der Waals surface area contributed by atoms with Gasteiger partial charge in [0.2, 0.25) is 0 Å². The first kappa shape index (κ1) is 17.6. The Hall–Kier alpha value is -3.80. The van der Waals surface area contributed by atoms with Crippen LogP contribution in [0.4, 0.5) is 11.5 Å². The van der Waals surface area contributed by atoms with Crippen molar-refractivity contribution < 1.29 is 4.92 Å². The standard InChI is InChI=1S/C22H18N4O2/c1-15(16-8-3-2-4-9-16)23-22-19-12-5-6-13-20(19)24-21(25-22)17-10-7-11-18(14-17)26(27)28/h2-15H,1H3,(H,23,24,25). The lowest BCUT2D eigenvalue weighted by molar-refractivity contribution is -0.384. The summed E-state index contributed by atoms with van der Waals surface area (Å²) in [6.07, 6.45) is 0. The minimum Gasteiger partial charge on any atom is -0.363 e. The quantitative estimate of drug-likeness (QED) is 0.377. The predicted molar refractivity (Wildman–Crippen MR) is 110 cm³/mol. The molecule has 1 aromatic heterocycles. The number of nitrogens with one attached hydrogen (secondary N) is 1. The van der Waals surface area contributed by atoms with Crippen molar-refractivity contribution in [2.24, 2.45) is 0 Å². The number of nitro groups is 1. The van der Waals surface area contributed by atoms with Crippen LogP contribution in [-0.4, -0.2) is 14.9 Å². The smallest absolute Gasteiger partial charge is 0.270 e. The Morgan fingerprint density at radius 3 is 2.46 bits per heavy atom. The largest absolute Gasteiger partial charge is 0.363 e. The van der Waals surface area contributed by atoms with E-state index in [2.05, 4.69) is 29.4 Å². The molecule has 0 spiro atoms. The second-order valence-electron chi connectivity index (χ2n) is 6.50. The zero-order chi connectivity index (χ0) is 19.5. The van der Waals surface area contributed by atoms with E-state index < -0.39 is 4.92 Å². The summed E-state index contributed by atoms with van der Waals surface area (Å²) in [5.74, 6) is 1.15. The van der Waals surface area contributed by atoms with Crippen LogP contribution >= 0.6 is 0 Å². The highest BCUT2D eigenvalue weighted by Crippen LogP contribution is 2.29. The van der Waals surface area contributed by atoms with Crippen LogP contribution in [0.3, 0.4) is 0 Å². The number of benzene rings is 3. The fourth-order valence-electron chi connectivity index (χ4n) is 3.10. The van der Waals surface area contributed by atoms with Gasteiger partial charge in [-0.25, -0.2) is 9.97 Å². The summed E-state index contributed by atoms with van der Waals surface area (Å²) in [6, 6.07) is 24.2. The third kappa shape index (κ3) is 3.53. The number of fused-ring (bicyclic) bond motifs is 1. The molecule has 6 nitrogen and oxygen atoms in total. The van der Waals surface area contributed by atoms with E-state index in [9.17, 15) is 10.1 Å². The van der Waals surface area contributed by atoms with Crippen LogP contribution in [0, 0.1) is 10.1 Å². The first-order chi connectivity index (χ1) is 13.6. The highest BCUT2D eigenvalue weighted by molar-refractivity contribution is 5.90. The van der Waals surface area contributed by atoms with E-state index in [0.717, 1.165) is 16.5 Å². The van der Waals surface area contributed by atoms with Crippen LogP contribution in [0.1, 0.15) is 18.5 Å². The summed E-state index contributed by atoms with van der Waals surface area (Å²) in [5.41, 5.74) is 2.54. The molecule has 28 heavy (non-hydrogen) atoms. The van der Waals surface area contributed by atoms with Gasteiger partial charge in [-0.05, 0) is 24.6 Å². The van der Waals surface area contributed by atoms with Crippen LogP contribution < -0.4 is 5.32 Å². The normalized spacial score (nSPS) is 11.9. The third-order valence-electron chi connectivity index (χ3n) is 4.57. The number of nitrogens with zero attached hydrogens (tertiary/aromatic N) is 3. The summed E-state index contributed by atoms with van der Waals surface area (Å²) in [5, 5.41) is 15.5. The van der Waals surface area contributed by atoms with Gasteiger partial charge in [-0.2, -0.15) is 0 Å². The second-order valence-corrected chi connectivity index (χ2v) is 6.50. The monoisotopic (exact) mass is 370 g/mol. The van der Waals surface area contributed by atoms with Gasteiger partial charge in [-0.1, -0.05) is 54.6 Å². The molecule has 0 fully saturated rings. The van der Waals surface area contributed by atoms with Gasteiger partial charge in [-0.3, -0.25) is 10.1 Å². The molecule has 0 bridgehead atoms. The van der Waals surface area contributed by atoms with Crippen LogP contribution in [0.2, 0.25) is 0 Å². The van der Waals surface area contributed by atoms with Crippen molar-refractivity contribution in [2.45, 2.75) is 13.0 Å². The zero-order valence-electron chi connectivity index (χ0n) is 15.2. The minimum absolute atomic E-state index is 0.0152. The van der Waals surface area contributed by atoms with Crippen molar-refractivity contribution in [3.8, 4) is 11.4 Å². The summed E-state index contributed by atoms with van der Waals surface area (Å²) in [7, 11) is 0. The highest BCUT2D eigenvalue weighted by atomic mass is 16.6. The predicted octanol–water partition coefficient (Wildman–Crippen LogP) is 5.38. The highest BCUT2D eigenvalue weighted by Gasteiger charge is 2.14. The van der Waals surface area contributed by atoms with Crippen molar-refractivity contribution in [1.29, 1.82) is 0 Å². The molecule has 1 heterocycles. The van der Waals surface area contributed by atoms with Gasteiger partial charge in [0.1, 0.15) is 5.82 Å². The Labute approximate surface area is 162 Å². The van der Waals surface area contributed by atoms with Crippen LogP contribution in [0.5, 0.6) is 0 Å². The lowest BCUT2D eigenvalue weighted by Crippen LogP contribution is -2.09. The Bertz CT molecular complexity index is 1150. The molecule has 0 aliphatic heterocycles. The molecule has 0 amide bonds. The topological polar surface area (TPSA) is 81.0 Å². The van der Waals surface area contributed by atoms with Gasteiger partial charge in [0.05, 0.1) is 10.4 Å². The molecular weight excluding hydrogens is 352 g/mol. The number of rotatable bonds is 5. The molecular formula is C22H18N4O2. The Balaban J connectivity index is 1.80. The number of non-ortho nitro benzene ring substituents is 1. The molecule has 1 N–H and O–H groups in total. The van der Waals surface area contributed by atoms with Gasteiger partial charge in [0.15, 0.2) is 5.82 Å². The Morgan fingerprint density at radius 1 is 0.929 bits per heavy atom. The summed E-state index contributed by atoms with van der Waals surface area (Å²) in [6.45, 7) is 2.07. The molecule has 4 rings (SSSR count). The average molecular weight is 370 g/mol. The maximum absolute atomic E-state index is 11.1. The summed E-state index contributed by atoms with van der Waals surface area (Å²) < 4.78 is 0. The van der Waals surface area contributed by atoms with Gasteiger partial charge < -0.3 is 5.32 Å². The molecule has 138 valence electrons. The van der Waals surface area contributed by atoms with Gasteiger partial charge >= 0.3 is 0 Å². The van der Waals surface area contributed by atoms with E-state index in [1.165, 1.54) is 12.1 Å². The molecule has 0 radical (unpaired) electrons. The number of para-hydroxylation sites is 1. The lowest BCUT2D eigenvalue weighted by atomic mass is 10.1. The maximum atomic E-state index is 11.1. The molecule has 0 saturated carbocycles. The fourth-order valence-corrected chi connectivity index (χ4v) is 3.10. The van der Waals surface area contributed by atoms with E-state index >= 15 is 0 Å². The minimum atomic E-state index is -0.415. The van der Waals surface area contributed by atoms with Crippen molar-refractivity contribution in [3.63, 3.8) is 0 Å². The van der Waals surface area contributed by atoms with E-state index in [-0.39, 0.29) is 11.7 Å². The Morgan fingerprint density at radius 2 is 1.68 bits per heavy atom. The van der Waals surface area contributed by atoms with Gasteiger partial charge in [0.25, 0.3) is 5.69 Å². The fraction of sp³-hybridized carbons (Fsp3) is 0.0909. The lowest BCUT2D eigenvalue weighted by Gasteiger charge is -2.17. The zero-order valence-corrected chi connectivity index (χ0v) is 15.2. The number of aromatic nitrogens is 2. The third-order valence-corrected chi connectivity index (χ3v) is 4.57. The first-order valence-corrected chi connectivity index (χ1v) is 8.95. The molecule has 0 aliphatic carbocycles. The number of nitro benzene ring substituents is 1. The van der Waals surface area contributed by atoms with Gasteiger partial charge in [0, 0.05) is 29.1 Å². The van der Waals surface area contributed by atoms with E-state index in [4.69, 9.17) is 4.98 Å². The molecule has 4 aromatic rings. The SMILES string of the molecule is CC(Nc1nc(-c2cccc([N+](=O)[O-])c2)nc2ccccc12)c1ccccc1. The van der Waals surface area contributed by atoms with Crippen molar-refractivity contribution in [1.82, 2.24) is 9.97 Å². The number of anilines is 1. The molecule has 0 aliphatic rings. The van der Waals surface area contributed by atoms with Crippen molar-refractivity contribution >= 4 is 22.4 Å². The van der Waals surface area contributed by atoms with Crippen LogP contribution in [-0.2, 0) is 0 Å². The summed E-state index contributed by atoms with van der Waals surface area (Å²) in [4.78, 5) is 20.0. The number of hydrogen-bond acceptors (Lipinski definition) is 5. The van der Waals surface area contributed by atoms with Crippen LogP contribution in [0.25, 0.3) is 22.3 Å². The van der Waals surface area contributed by atoms with E-state index in [1.807, 2.05) is 42.5 Å². The number of hydrogen-bond donors (Lipinski definition) is 1. The molecule has 3 aromatic carbocycles. The Kier molecular flexibility index (Phi) is 4.68. The van der Waals surface area contributed by atoms with Crippen LogP contribution in [0.15, 0.2) is 78.9 Å². The first-order valence-electron chi connectivity index (χ1n) is 8.95. The maximum Gasteiger partial charge on any atom is 0.270 e. The second kappa shape index (κ2) is 7.44. The average Bonchev–Trinajstić information content (AvgIpc) is 2.74. The van der Waals surface area contributed by atoms with Gasteiger partial charge in [-0.15, -0.1) is 0 Å². The molecule has 6 heteroatoms. The van der Waals surface area contributed by atoms with Crippen molar-refractivity contribution in [2.75, 3.05) is 5.32 Å². The van der Waals surface area contributed by atoms with E-state index in [1.54, 1.807) is 12.1 Å².